The van der Waals surface area contributed by atoms with Gasteiger partial charge < -0.3 is 30.7 Å². The lowest BCUT2D eigenvalue weighted by atomic mass is 10.1. The third kappa shape index (κ3) is 7.27. The second-order valence-corrected chi connectivity index (χ2v) is 10.5. The Morgan fingerprint density at radius 1 is 1.18 bits per heavy atom. The zero-order valence-electron chi connectivity index (χ0n) is 19.6. The number of nitrogens with zero attached hydrogens (tertiary/aromatic N) is 1. The van der Waals surface area contributed by atoms with Crippen molar-refractivity contribution in [3.63, 3.8) is 0 Å². The first-order valence-electron chi connectivity index (χ1n) is 10.5. The van der Waals surface area contributed by atoms with Gasteiger partial charge >= 0.3 is 0 Å². The average molecular weight is 582 g/mol. The van der Waals surface area contributed by atoms with Gasteiger partial charge in [-0.25, -0.2) is 18.0 Å². The monoisotopic (exact) mass is 581 g/mol. The maximum atomic E-state index is 13.6. The quantitative estimate of drug-likeness (QED) is 0.0635. The normalized spacial score (nSPS) is 13.2. The standard InChI is InChI=1S/C23H22F2N5O5PS2/c1-38(35)30-14-3-5-17(18(9-14)36(33)34)29-22(27)19(21(31)20(26)13-6-7-37-11-13)23(32)28-10-12-2-4-15(24)16(25)8-12/h2-9,11,26,30-31,33-34H,10H2,1H3,(H2,27,29)(H,28,32). The number of thiophene rings is 1. The van der Waals surface area contributed by atoms with Gasteiger partial charge in [-0.1, -0.05) is 6.07 Å². The van der Waals surface area contributed by atoms with E-state index in [1.165, 1.54) is 41.9 Å². The van der Waals surface area contributed by atoms with Crippen molar-refractivity contribution >= 4 is 64.8 Å². The van der Waals surface area contributed by atoms with Crippen LogP contribution >= 0.6 is 19.7 Å². The minimum absolute atomic E-state index is 0.0631. The number of benzene rings is 2. The van der Waals surface area contributed by atoms with E-state index in [1.807, 2.05) is 0 Å². The SMILES string of the molecule is CS(=O)Nc1ccc(N=C(N)C(C(=O)NCc2ccc(F)c(F)c2)=C(O)C(=N)c2ccsc2)c(P(O)O)c1. The van der Waals surface area contributed by atoms with Crippen LogP contribution in [-0.4, -0.2) is 42.8 Å². The maximum Gasteiger partial charge on any atom is 0.259 e. The Kier molecular flexibility index (Phi) is 9.78. The van der Waals surface area contributed by atoms with Crippen molar-refractivity contribution in [1.29, 1.82) is 5.41 Å². The first-order valence-corrected chi connectivity index (χ1v) is 14.3. The molecular weight excluding hydrogens is 559 g/mol. The van der Waals surface area contributed by atoms with Gasteiger partial charge in [-0.3, -0.25) is 10.2 Å². The van der Waals surface area contributed by atoms with E-state index < -0.39 is 59.8 Å². The van der Waals surface area contributed by atoms with Crippen LogP contribution in [0.1, 0.15) is 11.1 Å². The van der Waals surface area contributed by atoms with Crippen molar-refractivity contribution in [2.45, 2.75) is 6.54 Å². The molecule has 0 bridgehead atoms. The molecule has 0 aliphatic carbocycles. The highest BCUT2D eigenvalue weighted by atomic mass is 32.2. The van der Waals surface area contributed by atoms with Gasteiger partial charge in [0.2, 0.25) is 8.38 Å². The molecule has 0 saturated heterocycles. The number of hydrogen-bond acceptors (Lipinski definition) is 8. The second-order valence-electron chi connectivity index (χ2n) is 7.59. The predicted octanol–water partition coefficient (Wildman–Crippen LogP) is 2.84. The van der Waals surface area contributed by atoms with Crippen molar-refractivity contribution in [2.24, 2.45) is 10.7 Å². The number of amidine groups is 1. The summed E-state index contributed by atoms with van der Waals surface area (Å²) < 4.78 is 40.8. The molecule has 1 atom stereocenters. The number of rotatable bonds is 10. The Morgan fingerprint density at radius 2 is 1.92 bits per heavy atom. The van der Waals surface area contributed by atoms with E-state index in [0.717, 1.165) is 12.1 Å². The molecule has 10 nitrogen and oxygen atoms in total. The highest BCUT2D eigenvalue weighted by Crippen LogP contribution is 2.31. The molecule has 38 heavy (non-hydrogen) atoms. The lowest BCUT2D eigenvalue weighted by molar-refractivity contribution is -0.117. The molecule has 15 heteroatoms. The van der Waals surface area contributed by atoms with Crippen LogP contribution in [0.15, 0.2) is 69.5 Å². The van der Waals surface area contributed by atoms with E-state index in [0.29, 0.717) is 11.3 Å². The number of halogens is 2. The fourth-order valence-corrected chi connectivity index (χ4v) is 4.82. The Labute approximate surface area is 223 Å². The van der Waals surface area contributed by atoms with Crippen LogP contribution in [0.4, 0.5) is 20.2 Å². The van der Waals surface area contributed by atoms with Gasteiger partial charge in [-0.2, -0.15) is 11.3 Å². The molecule has 200 valence electrons. The summed E-state index contributed by atoms with van der Waals surface area (Å²) in [6.07, 6.45) is 1.38. The number of aliphatic imine (C=N–C) groups is 1. The van der Waals surface area contributed by atoms with Gasteiger partial charge in [0.05, 0.1) is 11.0 Å². The molecule has 0 fully saturated rings. The highest BCUT2D eigenvalue weighted by Gasteiger charge is 2.24. The number of nitrogens with two attached hydrogens (primary N) is 1. The number of carbonyl (C=O) groups excluding carboxylic acids is 1. The molecule has 0 aliphatic rings. The number of carbonyl (C=O) groups is 1. The number of nitrogens with one attached hydrogen (secondary N) is 3. The fourth-order valence-electron chi connectivity index (χ4n) is 3.13. The lowest BCUT2D eigenvalue weighted by Gasteiger charge is -2.14. The van der Waals surface area contributed by atoms with Crippen LogP contribution in [0.5, 0.6) is 0 Å². The molecule has 8 N–H and O–H groups in total. The average Bonchev–Trinajstić information content (AvgIpc) is 3.40. The van der Waals surface area contributed by atoms with E-state index in [-0.39, 0.29) is 23.1 Å². The minimum atomic E-state index is -2.71. The van der Waals surface area contributed by atoms with Gasteiger partial charge in [0, 0.05) is 29.4 Å². The van der Waals surface area contributed by atoms with Crippen LogP contribution in [0.2, 0.25) is 0 Å². The van der Waals surface area contributed by atoms with Crippen LogP contribution in [-0.2, 0) is 22.3 Å². The van der Waals surface area contributed by atoms with Crippen molar-refractivity contribution in [3.8, 4) is 0 Å². The van der Waals surface area contributed by atoms with Crippen LogP contribution in [0, 0.1) is 17.0 Å². The third-order valence-electron chi connectivity index (χ3n) is 4.90. The topological polar surface area (TPSA) is 181 Å². The molecule has 1 heterocycles. The first-order chi connectivity index (χ1) is 18.0. The number of allylic oxidation sites excluding steroid dienone is 1. The largest absolute Gasteiger partial charge is 0.505 e. The van der Waals surface area contributed by atoms with Gasteiger partial charge in [-0.05, 0) is 47.3 Å². The fraction of sp³-hybridized carbons (Fsp3) is 0.0870. The second kappa shape index (κ2) is 12.8. The predicted molar refractivity (Wildman–Crippen MR) is 145 cm³/mol. The van der Waals surface area contributed by atoms with Gasteiger partial charge in [0.1, 0.15) is 28.1 Å². The van der Waals surface area contributed by atoms with Crippen molar-refractivity contribution < 1.29 is 32.7 Å². The number of aliphatic hydroxyl groups is 1. The zero-order valence-corrected chi connectivity index (χ0v) is 22.1. The Bertz CT molecular complexity index is 1450. The molecule has 1 amide bonds. The molecule has 3 aromatic rings. The zero-order chi connectivity index (χ0) is 28.0. The molecule has 3 rings (SSSR count). The Balaban J connectivity index is 2.03. The van der Waals surface area contributed by atoms with Crippen LogP contribution in [0.3, 0.4) is 0 Å². The van der Waals surface area contributed by atoms with Gasteiger partial charge in [0.25, 0.3) is 5.91 Å². The van der Waals surface area contributed by atoms with E-state index >= 15 is 0 Å². The molecule has 0 spiro atoms. The summed E-state index contributed by atoms with van der Waals surface area (Å²) in [5.41, 5.74) is 5.80. The van der Waals surface area contributed by atoms with E-state index in [2.05, 4.69) is 15.0 Å². The summed E-state index contributed by atoms with van der Waals surface area (Å²) in [4.78, 5) is 37.0. The number of amides is 1. The highest BCUT2D eigenvalue weighted by molar-refractivity contribution is 7.85. The summed E-state index contributed by atoms with van der Waals surface area (Å²) >= 11 is 1.25. The number of anilines is 1. The lowest BCUT2D eigenvalue weighted by Crippen LogP contribution is -2.34. The molecule has 1 aromatic heterocycles. The maximum absolute atomic E-state index is 13.6. The van der Waals surface area contributed by atoms with E-state index in [4.69, 9.17) is 11.1 Å². The first kappa shape index (κ1) is 29.0. The molecule has 0 radical (unpaired) electrons. The van der Waals surface area contributed by atoms with Crippen LogP contribution < -0.4 is 21.1 Å². The number of hydrogen-bond donors (Lipinski definition) is 7. The third-order valence-corrected chi connectivity index (χ3v) is 6.89. The van der Waals surface area contributed by atoms with Gasteiger partial charge in [0.15, 0.2) is 17.4 Å². The molecule has 1 unspecified atom stereocenters. The molecular formula is C23H22F2N5O5PS2. The van der Waals surface area contributed by atoms with Crippen molar-refractivity contribution in [1.82, 2.24) is 5.32 Å². The molecule has 0 saturated carbocycles. The molecule has 0 aliphatic heterocycles. The summed E-state index contributed by atoms with van der Waals surface area (Å²) in [5.74, 6) is -4.54. The van der Waals surface area contributed by atoms with E-state index in [1.54, 1.807) is 16.8 Å². The van der Waals surface area contributed by atoms with Gasteiger partial charge in [-0.15, -0.1) is 0 Å². The van der Waals surface area contributed by atoms with Crippen molar-refractivity contribution in [3.05, 3.63) is 87.3 Å². The smallest absolute Gasteiger partial charge is 0.259 e. The van der Waals surface area contributed by atoms with Crippen LogP contribution in [0.25, 0.3) is 0 Å². The minimum Gasteiger partial charge on any atom is -0.505 e. The Morgan fingerprint density at radius 3 is 2.53 bits per heavy atom. The Hall–Kier alpha value is -3.55. The number of aliphatic hydroxyl groups excluding tert-OH is 1. The molecule has 2 aromatic carbocycles. The summed E-state index contributed by atoms with van der Waals surface area (Å²) in [6, 6.07) is 8.64. The van der Waals surface area contributed by atoms with E-state index in [9.17, 15) is 32.7 Å². The summed E-state index contributed by atoms with van der Waals surface area (Å²) in [7, 11) is -4.15. The van der Waals surface area contributed by atoms with Crippen molar-refractivity contribution in [2.75, 3.05) is 11.0 Å². The summed E-state index contributed by atoms with van der Waals surface area (Å²) in [5, 5.41) is 24.7. The summed E-state index contributed by atoms with van der Waals surface area (Å²) in [6.45, 7) is -0.274.